The van der Waals surface area contributed by atoms with Crippen LogP contribution in [0.5, 0.6) is 0 Å². The minimum atomic E-state index is -0.613. The Morgan fingerprint density at radius 2 is 2.10 bits per heavy atom. The van der Waals surface area contributed by atoms with Crippen molar-refractivity contribution in [2.45, 2.75) is 25.4 Å². The molecule has 1 fully saturated rings. The Morgan fingerprint density at radius 3 is 2.80 bits per heavy atom. The SMILES string of the molecule is N#Cc1ccc2c(c1)C(=O)N(C1CCC(=O)NC1=O)C2. The summed E-state index contributed by atoms with van der Waals surface area (Å²) >= 11 is 0. The second-order valence-corrected chi connectivity index (χ2v) is 4.88. The number of nitrogens with one attached hydrogen (secondary N) is 1. The van der Waals surface area contributed by atoms with Gasteiger partial charge >= 0.3 is 0 Å². The van der Waals surface area contributed by atoms with Crippen molar-refractivity contribution in [1.82, 2.24) is 10.2 Å². The van der Waals surface area contributed by atoms with Crippen molar-refractivity contribution in [3.8, 4) is 6.07 Å². The van der Waals surface area contributed by atoms with Gasteiger partial charge in [0.25, 0.3) is 5.91 Å². The molecule has 1 aromatic rings. The average Bonchev–Trinajstić information content (AvgIpc) is 2.76. The van der Waals surface area contributed by atoms with Crippen LogP contribution in [0.3, 0.4) is 0 Å². The standard InChI is InChI=1S/C14H11N3O3/c15-6-8-1-2-9-7-17(14(20)10(9)5-8)11-3-4-12(18)16-13(11)19/h1-2,5,11H,3-4,7H2,(H,16,18,19). The molecule has 20 heavy (non-hydrogen) atoms. The van der Waals surface area contributed by atoms with E-state index in [1.54, 1.807) is 18.2 Å². The first-order valence-corrected chi connectivity index (χ1v) is 6.28. The van der Waals surface area contributed by atoms with Crippen LogP contribution in [0.2, 0.25) is 0 Å². The summed E-state index contributed by atoms with van der Waals surface area (Å²) in [6.45, 7) is 0.339. The second kappa shape index (κ2) is 4.46. The first-order chi connectivity index (χ1) is 9.60. The number of nitrogens with zero attached hydrogens (tertiary/aromatic N) is 2. The summed E-state index contributed by atoms with van der Waals surface area (Å²) in [7, 11) is 0. The van der Waals surface area contributed by atoms with Gasteiger partial charge in [-0.2, -0.15) is 5.26 Å². The molecular formula is C14H11N3O3. The maximum Gasteiger partial charge on any atom is 0.255 e. The summed E-state index contributed by atoms with van der Waals surface area (Å²) in [4.78, 5) is 36.8. The molecule has 0 saturated carbocycles. The fourth-order valence-corrected chi connectivity index (χ4v) is 2.62. The smallest absolute Gasteiger partial charge is 0.255 e. The van der Waals surface area contributed by atoms with Crippen molar-refractivity contribution in [3.63, 3.8) is 0 Å². The van der Waals surface area contributed by atoms with Gasteiger partial charge in [-0.15, -0.1) is 0 Å². The van der Waals surface area contributed by atoms with Crippen LogP contribution in [0, 0.1) is 11.3 Å². The number of nitriles is 1. The van der Waals surface area contributed by atoms with E-state index in [9.17, 15) is 14.4 Å². The summed E-state index contributed by atoms with van der Waals surface area (Å²) in [6, 6.07) is 6.31. The molecule has 0 aromatic heterocycles. The summed E-state index contributed by atoms with van der Waals surface area (Å²) in [5.41, 5.74) is 1.69. The lowest BCUT2D eigenvalue weighted by atomic mass is 10.0. The zero-order valence-electron chi connectivity index (χ0n) is 10.5. The van der Waals surface area contributed by atoms with Crippen LogP contribution < -0.4 is 5.32 Å². The van der Waals surface area contributed by atoms with Gasteiger partial charge in [0.1, 0.15) is 6.04 Å². The van der Waals surface area contributed by atoms with Gasteiger partial charge in [-0.05, 0) is 24.1 Å². The molecule has 0 bridgehead atoms. The molecule has 2 heterocycles. The Kier molecular flexibility index (Phi) is 2.75. The molecule has 0 radical (unpaired) electrons. The molecule has 6 nitrogen and oxygen atoms in total. The van der Waals surface area contributed by atoms with Crippen molar-refractivity contribution in [2.75, 3.05) is 0 Å². The van der Waals surface area contributed by atoms with Crippen LogP contribution in [0.1, 0.15) is 34.3 Å². The summed E-state index contributed by atoms with van der Waals surface area (Å²) in [5.74, 6) is -0.989. The number of carbonyl (C=O) groups is 3. The fourth-order valence-electron chi connectivity index (χ4n) is 2.62. The molecule has 0 spiro atoms. The number of hydrogen-bond acceptors (Lipinski definition) is 4. The molecule has 0 aliphatic carbocycles. The topological polar surface area (TPSA) is 90.3 Å². The third-order valence-electron chi connectivity index (χ3n) is 3.66. The van der Waals surface area contributed by atoms with Crippen molar-refractivity contribution in [2.24, 2.45) is 0 Å². The van der Waals surface area contributed by atoms with E-state index in [1.807, 2.05) is 6.07 Å². The number of benzene rings is 1. The van der Waals surface area contributed by atoms with Gasteiger partial charge < -0.3 is 4.90 Å². The predicted molar refractivity (Wildman–Crippen MR) is 67.2 cm³/mol. The quantitative estimate of drug-likeness (QED) is 0.743. The predicted octanol–water partition coefficient (Wildman–Crippen LogP) is 0.319. The Balaban J connectivity index is 1.89. The van der Waals surface area contributed by atoms with E-state index >= 15 is 0 Å². The van der Waals surface area contributed by atoms with Crippen molar-refractivity contribution < 1.29 is 14.4 Å². The van der Waals surface area contributed by atoms with Crippen molar-refractivity contribution in [1.29, 1.82) is 5.26 Å². The highest BCUT2D eigenvalue weighted by molar-refractivity contribution is 6.05. The Hall–Kier alpha value is -2.68. The number of fused-ring (bicyclic) bond motifs is 1. The van der Waals surface area contributed by atoms with E-state index in [1.165, 1.54) is 4.90 Å². The van der Waals surface area contributed by atoms with E-state index in [0.29, 0.717) is 24.1 Å². The van der Waals surface area contributed by atoms with Crippen LogP contribution in [-0.4, -0.2) is 28.7 Å². The lowest BCUT2D eigenvalue weighted by Gasteiger charge is -2.29. The van der Waals surface area contributed by atoms with Gasteiger partial charge in [-0.3, -0.25) is 19.7 Å². The third-order valence-corrected chi connectivity index (χ3v) is 3.66. The molecule has 2 aliphatic heterocycles. The number of carbonyl (C=O) groups excluding carboxylic acids is 3. The van der Waals surface area contributed by atoms with Gasteiger partial charge in [0.2, 0.25) is 11.8 Å². The molecule has 3 rings (SSSR count). The molecule has 1 saturated heterocycles. The molecule has 1 atom stereocenters. The summed E-state index contributed by atoms with van der Waals surface area (Å²) < 4.78 is 0. The minimum absolute atomic E-state index is 0.236. The molecule has 100 valence electrons. The monoisotopic (exact) mass is 269 g/mol. The van der Waals surface area contributed by atoms with E-state index in [2.05, 4.69) is 5.32 Å². The Bertz CT molecular complexity index is 675. The average molecular weight is 269 g/mol. The zero-order valence-corrected chi connectivity index (χ0v) is 10.5. The molecule has 2 aliphatic rings. The van der Waals surface area contributed by atoms with Crippen LogP contribution in [0.15, 0.2) is 18.2 Å². The largest absolute Gasteiger partial charge is 0.322 e. The normalized spacial score (nSPS) is 21.4. The number of piperidine rings is 1. The minimum Gasteiger partial charge on any atom is -0.322 e. The van der Waals surface area contributed by atoms with E-state index in [4.69, 9.17) is 5.26 Å². The molecule has 1 aromatic carbocycles. The van der Waals surface area contributed by atoms with Crippen molar-refractivity contribution >= 4 is 17.7 Å². The van der Waals surface area contributed by atoms with E-state index in [0.717, 1.165) is 5.56 Å². The van der Waals surface area contributed by atoms with Gasteiger partial charge in [0.05, 0.1) is 11.6 Å². The lowest BCUT2D eigenvalue weighted by molar-refractivity contribution is -0.136. The van der Waals surface area contributed by atoms with Gasteiger partial charge in [0, 0.05) is 18.5 Å². The number of amides is 3. The molecular weight excluding hydrogens is 258 g/mol. The first kappa shape index (κ1) is 12.4. The highest BCUT2D eigenvalue weighted by Crippen LogP contribution is 2.27. The maximum atomic E-state index is 12.3. The highest BCUT2D eigenvalue weighted by atomic mass is 16.2. The molecule has 1 unspecified atom stereocenters. The van der Waals surface area contributed by atoms with Gasteiger partial charge in [-0.25, -0.2) is 0 Å². The Labute approximate surface area is 115 Å². The highest BCUT2D eigenvalue weighted by Gasteiger charge is 2.38. The number of imide groups is 1. The molecule has 1 N–H and O–H groups in total. The molecule has 3 amide bonds. The van der Waals surface area contributed by atoms with Crippen LogP contribution in [0.4, 0.5) is 0 Å². The lowest BCUT2D eigenvalue weighted by Crippen LogP contribution is -2.52. The van der Waals surface area contributed by atoms with E-state index < -0.39 is 11.9 Å². The van der Waals surface area contributed by atoms with Crippen LogP contribution >= 0.6 is 0 Å². The third kappa shape index (κ3) is 1.84. The summed E-state index contributed by atoms with van der Waals surface area (Å²) in [5, 5.41) is 11.1. The first-order valence-electron chi connectivity index (χ1n) is 6.28. The molecule has 6 heteroatoms. The van der Waals surface area contributed by atoms with E-state index in [-0.39, 0.29) is 18.2 Å². The zero-order chi connectivity index (χ0) is 14.3. The Morgan fingerprint density at radius 1 is 1.30 bits per heavy atom. The summed E-state index contributed by atoms with van der Waals surface area (Å²) in [6.07, 6.45) is 0.579. The number of hydrogen-bond donors (Lipinski definition) is 1. The second-order valence-electron chi connectivity index (χ2n) is 4.88. The number of rotatable bonds is 1. The fraction of sp³-hybridized carbons (Fsp3) is 0.286. The van der Waals surface area contributed by atoms with Crippen molar-refractivity contribution in [3.05, 3.63) is 34.9 Å². The van der Waals surface area contributed by atoms with Crippen LogP contribution in [-0.2, 0) is 16.1 Å². The van der Waals surface area contributed by atoms with Crippen LogP contribution in [0.25, 0.3) is 0 Å². The maximum absolute atomic E-state index is 12.3. The van der Waals surface area contributed by atoms with Gasteiger partial charge in [0.15, 0.2) is 0 Å². The van der Waals surface area contributed by atoms with Gasteiger partial charge in [-0.1, -0.05) is 6.07 Å².